The Morgan fingerprint density at radius 2 is 1.87 bits per heavy atom. The van der Waals surface area contributed by atoms with Crippen molar-refractivity contribution in [3.05, 3.63) is 34.9 Å². The molecule has 2 atom stereocenters. The maximum absolute atomic E-state index is 8.97. The molecule has 0 aliphatic heterocycles. The predicted octanol–water partition coefficient (Wildman–Crippen LogP) is 2.33. The Bertz CT molecular complexity index is 322. The second-order valence-corrected chi connectivity index (χ2v) is 4.32. The third-order valence-electron chi connectivity index (χ3n) is 2.84. The van der Waals surface area contributed by atoms with Crippen molar-refractivity contribution < 1.29 is 5.11 Å². The van der Waals surface area contributed by atoms with E-state index in [2.05, 4.69) is 44.3 Å². The van der Waals surface area contributed by atoms with Crippen LogP contribution in [0.4, 0.5) is 0 Å². The third kappa shape index (κ3) is 3.33. The first-order valence-electron chi connectivity index (χ1n) is 5.48. The molecule has 2 N–H and O–H groups in total. The normalized spacial score (nSPS) is 15.0. The molecule has 0 amide bonds. The topological polar surface area (TPSA) is 32.3 Å². The lowest BCUT2D eigenvalue weighted by atomic mass is 10.0. The van der Waals surface area contributed by atoms with E-state index in [1.54, 1.807) is 0 Å². The van der Waals surface area contributed by atoms with Gasteiger partial charge in [-0.3, -0.25) is 0 Å². The summed E-state index contributed by atoms with van der Waals surface area (Å²) < 4.78 is 0. The molecule has 84 valence electrons. The smallest absolute Gasteiger partial charge is 0.0582 e. The molecule has 1 aromatic rings. The van der Waals surface area contributed by atoms with Crippen LogP contribution in [0.25, 0.3) is 0 Å². The van der Waals surface area contributed by atoms with Gasteiger partial charge in [-0.05, 0) is 44.4 Å². The van der Waals surface area contributed by atoms with E-state index >= 15 is 0 Å². The lowest BCUT2D eigenvalue weighted by Gasteiger charge is -2.19. The number of nitrogens with one attached hydrogen (secondary N) is 1. The molecule has 0 spiro atoms. The van der Waals surface area contributed by atoms with Crippen LogP contribution < -0.4 is 5.32 Å². The van der Waals surface area contributed by atoms with Crippen molar-refractivity contribution in [2.24, 2.45) is 0 Å². The molecule has 2 heteroatoms. The summed E-state index contributed by atoms with van der Waals surface area (Å²) in [4.78, 5) is 0. The minimum atomic E-state index is 0.140. The van der Waals surface area contributed by atoms with Crippen molar-refractivity contribution in [1.82, 2.24) is 5.32 Å². The molecule has 0 aliphatic rings. The first-order valence-corrected chi connectivity index (χ1v) is 5.48. The van der Waals surface area contributed by atoms with E-state index in [0.717, 1.165) is 0 Å². The van der Waals surface area contributed by atoms with Gasteiger partial charge < -0.3 is 10.4 Å². The van der Waals surface area contributed by atoms with E-state index in [1.807, 2.05) is 6.92 Å². The highest BCUT2D eigenvalue weighted by molar-refractivity contribution is 5.31. The van der Waals surface area contributed by atoms with E-state index in [4.69, 9.17) is 5.11 Å². The second-order valence-electron chi connectivity index (χ2n) is 4.32. The molecular weight excluding hydrogens is 186 g/mol. The first-order chi connectivity index (χ1) is 7.04. The van der Waals surface area contributed by atoms with Crippen molar-refractivity contribution >= 4 is 0 Å². The third-order valence-corrected chi connectivity index (χ3v) is 2.84. The summed E-state index contributed by atoms with van der Waals surface area (Å²) in [6, 6.07) is 6.92. The number of benzene rings is 1. The summed E-state index contributed by atoms with van der Waals surface area (Å²) in [5.41, 5.74) is 3.91. The average molecular weight is 207 g/mol. The van der Waals surface area contributed by atoms with Crippen LogP contribution in [0.5, 0.6) is 0 Å². The Hall–Kier alpha value is -0.860. The maximum Gasteiger partial charge on any atom is 0.0582 e. The van der Waals surface area contributed by atoms with Crippen LogP contribution in [0.15, 0.2) is 18.2 Å². The Labute approximate surface area is 92.3 Å². The standard InChI is InChI=1S/C13H21NO/c1-9-5-6-13(7-10(9)2)12(4)14-11(3)8-15/h5-7,11-12,14-15H,8H2,1-4H3/t11-,12+/m1/s1. The molecule has 0 radical (unpaired) electrons. The zero-order chi connectivity index (χ0) is 11.4. The van der Waals surface area contributed by atoms with Gasteiger partial charge in [0.25, 0.3) is 0 Å². The van der Waals surface area contributed by atoms with Crippen LogP contribution in [-0.4, -0.2) is 17.8 Å². The number of hydrogen-bond donors (Lipinski definition) is 2. The van der Waals surface area contributed by atoms with Crippen LogP contribution >= 0.6 is 0 Å². The van der Waals surface area contributed by atoms with Crippen molar-refractivity contribution in [2.45, 2.75) is 39.8 Å². The molecule has 0 fully saturated rings. The molecule has 1 rings (SSSR count). The van der Waals surface area contributed by atoms with Crippen LogP contribution in [0, 0.1) is 13.8 Å². The lowest BCUT2D eigenvalue weighted by Crippen LogP contribution is -2.31. The Kier molecular flexibility index (Phi) is 4.30. The van der Waals surface area contributed by atoms with E-state index in [-0.39, 0.29) is 18.7 Å². The number of rotatable bonds is 4. The summed E-state index contributed by atoms with van der Waals surface area (Å²) in [7, 11) is 0. The maximum atomic E-state index is 8.97. The molecule has 0 saturated heterocycles. The fraction of sp³-hybridized carbons (Fsp3) is 0.538. The highest BCUT2D eigenvalue weighted by Gasteiger charge is 2.08. The van der Waals surface area contributed by atoms with Gasteiger partial charge in [0.15, 0.2) is 0 Å². The van der Waals surface area contributed by atoms with E-state index in [9.17, 15) is 0 Å². The molecule has 0 aromatic heterocycles. The fourth-order valence-corrected chi connectivity index (χ4v) is 1.61. The van der Waals surface area contributed by atoms with Crippen LogP contribution in [0.2, 0.25) is 0 Å². The monoisotopic (exact) mass is 207 g/mol. The quantitative estimate of drug-likeness (QED) is 0.794. The van der Waals surface area contributed by atoms with E-state index in [1.165, 1.54) is 16.7 Å². The molecule has 0 saturated carbocycles. The minimum absolute atomic E-state index is 0.140. The summed E-state index contributed by atoms with van der Waals surface area (Å²) in [5, 5.41) is 12.3. The summed E-state index contributed by atoms with van der Waals surface area (Å²) >= 11 is 0. The van der Waals surface area contributed by atoms with Gasteiger partial charge in [0, 0.05) is 12.1 Å². The van der Waals surface area contributed by atoms with Gasteiger partial charge in [-0.1, -0.05) is 18.2 Å². The predicted molar refractivity (Wildman–Crippen MR) is 64.0 cm³/mol. The van der Waals surface area contributed by atoms with Gasteiger partial charge in [-0.25, -0.2) is 0 Å². The van der Waals surface area contributed by atoms with Crippen LogP contribution in [0.1, 0.15) is 36.6 Å². The molecule has 1 aromatic carbocycles. The number of hydrogen-bond acceptors (Lipinski definition) is 2. The fourth-order valence-electron chi connectivity index (χ4n) is 1.61. The molecular formula is C13H21NO. The van der Waals surface area contributed by atoms with Gasteiger partial charge in [-0.2, -0.15) is 0 Å². The summed E-state index contributed by atoms with van der Waals surface area (Å²) in [6.07, 6.45) is 0. The summed E-state index contributed by atoms with van der Waals surface area (Å²) in [5.74, 6) is 0. The van der Waals surface area contributed by atoms with E-state index in [0.29, 0.717) is 0 Å². The Balaban J connectivity index is 2.73. The SMILES string of the molecule is Cc1ccc([C@H](C)N[C@H](C)CO)cc1C. The zero-order valence-electron chi connectivity index (χ0n) is 10.0. The molecule has 2 nitrogen and oxygen atoms in total. The lowest BCUT2D eigenvalue weighted by molar-refractivity contribution is 0.243. The molecule has 15 heavy (non-hydrogen) atoms. The van der Waals surface area contributed by atoms with Gasteiger partial charge in [-0.15, -0.1) is 0 Å². The van der Waals surface area contributed by atoms with Crippen molar-refractivity contribution in [3.63, 3.8) is 0 Å². The summed E-state index contributed by atoms with van der Waals surface area (Å²) in [6.45, 7) is 8.53. The van der Waals surface area contributed by atoms with Gasteiger partial charge >= 0.3 is 0 Å². The molecule has 0 bridgehead atoms. The van der Waals surface area contributed by atoms with Crippen molar-refractivity contribution in [2.75, 3.05) is 6.61 Å². The van der Waals surface area contributed by atoms with Gasteiger partial charge in [0.05, 0.1) is 6.61 Å². The van der Waals surface area contributed by atoms with E-state index < -0.39 is 0 Å². The zero-order valence-corrected chi connectivity index (χ0v) is 10.0. The molecule has 0 aliphatic carbocycles. The molecule has 0 unspecified atom stereocenters. The van der Waals surface area contributed by atoms with Crippen LogP contribution in [0.3, 0.4) is 0 Å². The number of aryl methyl sites for hydroxylation is 2. The number of aliphatic hydroxyl groups is 1. The minimum Gasteiger partial charge on any atom is -0.395 e. The first kappa shape index (κ1) is 12.2. The van der Waals surface area contributed by atoms with Crippen molar-refractivity contribution in [1.29, 1.82) is 0 Å². The van der Waals surface area contributed by atoms with Gasteiger partial charge in [0.1, 0.15) is 0 Å². The number of aliphatic hydroxyl groups excluding tert-OH is 1. The average Bonchev–Trinajstić information content (AvgIpc) is 2.21. The largest absolute Gasteiger partial charge is 0.395 e. The van der Waals surface area contributed by atoms with Crippen LogP contribution in [-0.2, 0) is 0 Å². The molecule has 0 heterocycles. The van der Waals surface area contributed by atoms with Crippen molar-refractivity contribution in [3.8, 4) is 0 Å². The highest BCUT2D eigenvalue weighted by Crippen LogP contribution is 2.17. The Morgan fingerprint density at radius 1 is 1.20 bits per heavy atom. The highest BCUT2D eigenvalue weighted by atomic mass is 16.3. The Morgan fingerprint density at radius 3 is 2.40 bits per heavy atom. The second kappa shape index (κ2) is 5.29. The van der Waals surface area contributed by atoms with Gasteiger partial charge in [0.2, 0.25) is 0 Å².